The van der Waals surface area contributed by atoms with Crippen molar-refractivity contribution in [2.45, 2.75) is 31.1 Å². The zero-order valence-electron chi connectivity index (χ0n) is 17.0. The Bertz CT molecular complexity index is 1130. The first-order valence-electron chi connectivity index (χ1n) is 10.2. The Kier molecular flexibility index (Phi) is 5.74. The lowest BCUT2D eigenvalue weighted by atomic mass is 9.97. The molecule has 1 aliphatic rings. The first-order chi connectivity index (χ1) is 15.3. The van der Waals surface area contributed by atoms with Gasteiger partial charge in [0.2, 0.25) is 5.91 Å². The lowest BCUT2D eigenvalue weighted by Gasteiger charge is -2.36. The quantitative estimate of drug-likeness (QED) is 0.605. The lowest BCUT2D eigenvalue weighted by molar-refractivity contribution is -0.138. The van der Waals surface area contributed by atoms with E-state index in [-0.39, 0.29) is 18.4 Å². The van der Waals surface area contributed by atoms with Crippen molar-refractivity contribution in [2.75, 3.05) is 0 Å². The number of nitrogens with zero attached hydrogens (tertiary/aromatic N) is 1. The van der Waals surface area contributed by atoms with Crippen LogP contribution in [0.1, 0.15) is 51.1 Å². The Morgan fingerprint density at radius 2 is 1.53 bits per heavy atom. The summed E-state index contributed by atoms with van der Waals surface area (Å²) in [6.07, 6.45) is -4.09. The molecule has 2 atom stereocenters. The molecule has 0 saturated heterocycles. The van der Waals surface area contributed by atoms with Crippen LogP contribution in [0, 0.1) is 0 Å². The second-order valence-corrected chi connectivity index (χ2v) is 7.72. The highest BCUT2D eigenvalue weighted by Gasteiger charge is 2.42. The van der Waals surface area contributed by atoms with Gasteiger partial charge in [-0.1, -0.05) is 60.7 Å². The maximum atomic E-state index is 13.6. The van der Waals surface area contributed by atoms with Crippen molar-refractivity contribution >= 4 is 11.8 Å². The van der Waals surface area contributed by atoms with Crippen LogP contribution < -0.4 is 5.73 Å². The first-order valence-corrected chi connectivity index (χ1v) is 10.2. The number of amides is 2. The van der Waals surface area contributed by atoms with E-state index in [2.05, 4.69) is 0 Å². The van der Waals surface area contributed by atoms with E-state index in [4.69, 9.17) is 5.73 Å². The number of rotatable bonds is 5. The SMILES string of the molecule is NC(=O)C(c1ccccc1)N(C(=O)c1ccccc1)[C@@H]1CCc2c1cccc2C(F)(F)F. The Morgan fingerprint density at radius 1 is 0.906 bits per heavy atom. The highest BCUT2D eigenvalue weighted by Crippen LogP contribution is 2.45. The highest BCUT2D eigenvalue weighted by molar-refractivity contribution is 5.98. The number of hydrogen-bond acceptors (Lipinski definition) is 2. The van der Waals surface area contributed by atoms with Crippen molar-refractivity contribution < 1.29 is 22.8 Å². The van der Waals surface area contributed by atoms with Crippen molar-refractivity contribution in [1.29, 1.82) is 0 Å². The van der Waals surface area contributed by atoms with Gasteiger partial charge in [0.25, 0.3) is 5.91 Å². The number of carbonyl (C=O) groups excluding carboxylic acids is 2. The summed E-state index contributed by atoms with van der Waals surface area (Å²) < 4.78 is 40.8. The molecule has 4 rings (SSSR count). The summed E-state index contributed by atoms with van der Waals surface area (Å²) >= 11 is 0. The molecule has 0 aliphatic heterocycles. The number of primary amides is 1. The van der Waals surface area contributed by atoms with Crippen LogP contribution in [-0.4, -0.2) is 16.7 Å². The molecule has 1 aliphatic carbocycles. The Balaban J connectivity index is 1.87. The highest BCUT2D eigenvalue weighted by atomic mass is 19.4. The Labute approximate surface area is 183 Å². The van der Waals surface area contributed by atoms with Crippen LogP contribution in [0.15, 0.2) is 78.9 Å². The molecule has 0 saturated carbocycles. The summed E-state index contributed by atoms with van der Waals surface area (Å²) in [6.45, 7) is 0. The maximum absolute atomic E-state index is 13.6. The molecule has 3 aromatic rings. The molecule has 0 radical (unpaired) electrons. The number of hydrogen-bond donors (Lipinski definition) is 1. The van der Waals surface area contributed by atoms with Gasteiger partial charge in [-0.2, -0.15) is 13.2 Å². The average molecular weight is 438 g/mol. The van der Waals surface area contributed by atoms with Crippen molar-refractivity contribution in [3.63, 3.8) is 0 Å². The van der Waals surface area contributed by atoms with Gasteiger partial charge in [-0.3, -0.25) is 9.59 Å². The molecular formula is C25H21F3N2O2. The van der Waals surface area contributed by atoms with Gasteiger partial charge in [-0.15, -0.1) is 0 Å². The van der Waals surface area contributed by atoms with Crippen LogP contribution in [0.2, 0.25) is 0 Å². The predicted octanol–water partition coefficient (Wildman–Crippen LogP) is 5.06. The van der Waals surface area contributed by atoms with Crippen LogP contribution in [0.5, 0.6) is 0 Å². The Hall–Kier alpha value is -3.61. The number of nitrogens with two attached hydrogens (primary N) is 1. The first kappa shape index (κ1) is 21.6. The summed E-state index contributed by atoms with van der Waals surface area (Å²) in [6, 6.07) is 19.1. The van der Waals surface area contributed by atoms with Crippen LogP contribution in [0.3, 0.4) is 0 Å². The fourth-order valence-electron chi connectivity index (χ4n) is 4.45. The summed E-state index contributed by atoms with van der Waals surface area (Å²) in [4.78, 5) is 27.6. The van der Waals surface area contributed by atoms with Gasteiger partial charge in [0.05, 0.1) is 11.6 Å². The van der Waals surface area contributed by atoms with E-state index in [1.54, 1.807) is 66.7 Å². The summed E-state index contributed by atoms with van der Waals surface area (Å²) in [5, 5.41) is 0. The number of halogens is 3. The molecule has 0 aromatic heterocycles. The number of fused-ring (bicyclic) bond motifs is 1. The molecular weight excluding hydrogens is 417 g/mol. The summed E-state index contributed by atoms with van der Waals surface area (Å²) in [5.41, 5.74) is 6.44. The van der Waals surface area contributed by atoms with Gasteiger partial charge in [0, 0.05) is 5.56 Å². The third-order valence-electron chi connectivity index (χ3n) is 5.80. The average Bonchev–Trinajstić information content (AvgIpc) is 3.21. The minimum Gasteiger partial charge on any atom is -0.368 e. The molecule has 1 unspecified atom stereocenters. The van der Waals surface area contributed by atoms with Gasteiger partial charge >= 0.3 is 6.18 Å². The van der Waals surface area contributed by atoms with Crippen molar-refractivity contribution in [3.05, 3.63) is 107 Å². The molecule has 0 spiro atoms. The van der Waals surface area contributed by atoms with Gasteiger partial charge in [0.1, 0.15) is 6.04 Å². The summed E-state index contributed by atoms with van der Waals surface area (Å²) in [7, 11) is 0. The van der Waals surface area contributed by atoms with Crippen molar-refractivity contribution in [1.82, 2.24) is 4.90 Å². The van der Waals surface area contributed by atoms with Gasteiger partial charge in [-0.05, 0) is 47.7 Å². The molecule has 164 valence electrons. The smallest absolute Gasteiger partial charge is 0.368 e. The molecule has 2 amide bonds. The molecule has 0 bridgehead atoms. The lowest BCUT2D eigenvalue weighted by Crippen LogP contribution is -2.43. The number of alkyl halides is 3. The minimum absolute atomic E-state index is 0.147. The zero-order chi connectivity index (χ0) is 22.9. The fourth-order valence-corrected chi connectivity index (χ4v) is 4.45. The van der Waals surface area contributed by atoms with E-state index >= 15 is 0 Å². The van der Waals surface area contributed by atoms with E-state index in [0.29, 0.717) is 16.7 Å². The van der Waals surface area contributed by atoms with Gasteiger partial charge in [0.15, 0.2) is 0 Å². The van der Waals surface area contributed by atoms with E-state index in [9.17, 15) is 22.8 Å². The fraction of sp³-hybridized carbons (Fsp3) is 0.200. The van der Waals surface area contributed by atoms with E-state index in [0.717, 1.165) is 6.07 Å². The Morgan fingerprint density at radius 3 is 2.12 bits per heavy atom. The standard InChI is InChI=1S/C25H21F3N2O2/c26-25(27,28)20-13-7-12-19-18(20)14-15-21(19)30(24(32)17-10-5-2-6-11-17)22(23(29)31)16-8-3-1-4-9-16/h1-13,21-22H,14-15H2,(H2,29,31)/t21-,22?/m1/s1. The van der Waals surface area contributed by atoms with Crippen LogP contribution in [0.4, 0.5) is 13.2 Å². The monoisotopic (exact) mass is 438 g/mol. The van der Waals surface area contributed by atoms with Crippen molar-refractivity contribution in [3.8, 4) is 0 Å². The zero-order valence-corrected chi connectivity index (χ0v) is 17.0. The molecule has 3 aromatic carbocycles. The van der Waals surface area contributed by atoms with Crippen LogP contribution in [0.25, 0.3) is 0 Å². The van der Waals surface area contributed by atoms with E-state index in [1.807, 2.05) is 0 Å². The van der Waals surface area contributed by atoms with E-state index < -0.39 is 35.6 Å². The largest absolute Gasteiger partial charge is 0.416 e. The van der Waals surface area contributed by atoms with Crippen LogP contribution in [-0.2, 0) is 17.4 Å². The van der Waals surface area contributed by atoms with Crippen molar-refractivity contribution in [2.24, 2.45) is 5.73 Å². The minimum atomic E-state index is -4.50. The van der Waals surface area contributed by atoms with E-state index in [1.165, 1.54) is 11.0 Å². The number of benzene rings is 3. The molecule has 4 nitrogen and oxygen atoms in total. The second kappa shape index (κ2) is 8.49. The summed E-state index contributed by atoms with van der Waals surface area (Å²) in [5.74, 6) is -1.21. The third-order valence-corrected chi connectivity index (χ3v) is 5.80. The maximum Gasteiger partial charge on any atom is 0.416 e. The second-order valence-electron chi connectivity index (χ2n) is 7.72. The third kappa shape index (κ3) is 3.98. The molecule has 2 N–H and O–H groups in total. The molecule has 7 heteroatoms. The normalized spacial score (nSPS) is 16.3. The van der Waals surface area contributed by atoms with Gasteiger partial charge in [-0.25, -0.2) is 0 Å². The molecule has 0 heterocycles. The predicted molar refractivity (Wildman–Crippen MR) is 113 cm³/mol. The topological polar surface area (TPSA) is 63.4 Å². The number of carbonyl (C=O) groups is 2. The van der Waals surface area contributed by atoms with Gasteiger partial charge < -0.3 is 10.6 Å². The molecule has 32 heavy (non-hydrogen) atoms. The van der Waals surface area contributed by atoms with Crippen LogP contribution >= 0.6 is 0 Å². The molecule has 0 fully saturated rings.